The van der Waals surface area contributed by atoms with Crippen molar-refractivity contribution in [1.29, 1.82) is 0 Å². The van der Waals surface area contributed by atoms with Crippen LogP contribution in [-0.2, 0) is 4.79 Å². The summed E-state index contributed by atoms with van der Waals surface area (Å²) < 4.78 is 0. The molecule has 0 aliphatic rings. The van der Waals surface area contributed by atoms with Gasteiger partial charge in [-0.15, -0.1) is 0 Å². The second-order valence-electron chi connectivity index (χ2n) is 10.8. The minimum Gasteiger partial charge on any atom is -0.478 e. The van der Waals surface area contributed by atoms with Crippen molar-refractivity contribution in [2.75, 3.05) is 0 Å². The first-order valence-electron chi connectivity index (χ1n) is 15.8. The molecule has 0 amide bonds. The number of allylic oxidation sites excluding steroid dienone is 3. The van der Waals surface area contributed by atoms with Crippen LogP contribution in [0.4, 0.5) is 0 Å². The van der Waals surface area contributed by atoms with Gasteiger partial charge in [-0.3, -0.25) is 0 Å². The molecule has 0 aromatic heterocycles. The van der Waals surface area contributed by atoms with Crippen LogP contribution >= 0.6 is 0 Å². The van der Waals surface area contributed by atoms with E-state index in [4.69, 9.17) is 5.11 Å². The van der Waals surface area contributed by atoms with E-state index in [1.54, 1.807) is 6.08 Å². The van der Waals surface area contributed by atoms with Crippen molar-refractivity contribution < 1.29 is 9.90 Å². The smallest absolute Gasteiger partial charge is 0.328 e. The molecule has 0 aromatic rings. The number of unbranched alkanes of at least 4 members (excludes halogenated alkanes) is 26. The Morgan fingerprint density at radius 2 is 0.743 bits per heavy atom. The number of hydrogen-bond acceptors (Lipinski definition) is 1. The van der Waals surface area contributed by atoms with E-state index >= 15 is 0 Å². The van der Waals surface area contributed by atoms with Crippen LogP contribution in [0.15, 0.2) is 24.3 Å². The SMILES string of the molecule is CCCCCCCCCCCCCCCCCCCCCCCCCCCCC=CC=CC(=O)O. The molecule has 0 saturated heterocycles. The predicted octanol–water partition coefficient (Wildman–Crippen LogP) is 11.7. The van der Waals surface area contributed by atoms with Crippen LogP contribution in [0.3, 0.4) is 0 Å². The Balaban J connectivity index is 3.07. The van der Waals surface area contributed by atoms with E-state index in [-0.39, 0.29) is 0 Å². The van der Waals surface area contributed by atoms with Gasteiger partial charge in [0.2, 0.25) is 0 Å². The fraction of sp³-hybridized carbons (Fsp3) is 0.848. The maximum absolute atomic E-state index is 10.3. The lowest BCUT2D eigenvalue weighted by Crippen LogP contribution is -1.85. The molecule has 1 N–H and O–H groups in total. The van der Waals surface area contributed by atoms with Crippen molar-refractivity contribution in [2.45, 2.75) is 180 Å². The van der Waals surface area contributed by atoms with E-state index in [0.717, 1.165) is 6.42 Å². The van der Waals surface area contributed by atoms with E-state index < -0.39 is 5.97 Å². The van der Waals surface area contributed by atoms with E-state index in [1.807, 2.05) is 6.08 Å². The zero-order valence-electron chi connectivity index (χ0n) is 23.8. The van der Waals surface area contributed by atoms with Crippen LogP contribution in [0.25, 0.3) is 0 Å². The van der Waals surface area contributed by atoms with Crippen molar-refractivity contribution in [1.82, 2.24) is 0 Å². The number of aliphatic carboxylic acids is 1. The van der Waals surface area contributed by atoms with Gasteiger partial charge < -0.3 is 5.11 Å². The molecule has 0 fully saturated rings. The average molecular weight is 491 g/mol. The highest BCUT2D eigenvalue weighted by molar-refractivity contribution is 5.80. The molecule has 2 heteroatoms. The number of carboxylic acid groups (broad SMARTS) is 1. The fourth-order valence-electron chi connectivity index (χ4n) is 4.89. The number of hydrogen-bond donors (Lipinski definition) is 1. The van der Waals surface area contributed by atoms with E-state index in [1.165, 1.54) is 173 Å². The first-order chi connectivity index (χ1) is 17.3. The van der Waals surface area contributed by atoms with Gasteiger partial charge in [-0.05, 0) is 12.8 Å². The van der Waals surface area contributed by atoms with E-state index in [9.17, 15) is 4.79 Å². The predicted molar refractivity (Wildman–Crippen MR) is 156 cm³/mol. The third-order valence-corrected chi connectivity index (χ3v) is 7.21. The maximum atomic E-state index is 10.3. The Labute approximate surface area is 220 Å². The van der Waals surface area contributed by atoms with Gasteiger partial charge in [0.05, 0.1) is 0 Å². The second kappa shape index (κ2) is 31.0. The monoisotopic (exact) mass is 490 g/mol. The summed E-state index contributed by atoms with van der Waals surface area (Å²) in [6.07, 6.45) is 44.9. The molecule has 0 aliphatic heterocycles. The van der Waals surface area contributed by atoms with Crippen LogP contribution in [0.1, 0.15) is 180 Å². The summed E-state index contributed by atoms with van der Waals surface area (Å²) in [5.74, 6) is -0.880. The molecule has 0 unspecified atom stereocenters. The van der Waals surface area contributed by atoms with Crippen molar-refractivity contribution in [3.05, 3.63) is 24.3 Å². The van der Waals surface area contributed by atoms with Gasteiger partial charge in [0, 0.05) is 6.08 Å². The largest absolute Gasteiger partial charge is 0.478 e. The first kappa shape index (κ1) is 34.0. The van der Waals surface area contributed by atoms with Crippen LogP contribution < -0.4 is 0 Å². The Bertz CT molecular complexity index is 466. The third kappa shape index (κ3) is 33.0. The van der Waals surface area contributed by atoms with Crippen molar-refractivity contribution in [2.24, 2.45) is 0 Å². The van der Waals surface area contributed by atoms with Crippen molar-refractivity contribution in [3.8, 4) is 0 Å². The summed E-state index contributed by atoms with van der Waals surface area (Å²) in [6.45, 7) is 2.30. The van der Waals surface area contributed by atoms with Gasteiger partial charge in [0.25, 0.3) is 0 Å². The fourth-order valence-corrected chi connectivity index (χ4v) is 4.89. The molecule has 0 bridgehead atoms. The molecule has 35 heavy (non-hydrogen) atoms. The molecule has 0 rings (SSSR count). The van der Waals surface area contributed by atoms with Crippen LogP contribution in [0.2, 0.25) is 0 Å². The lowest BCUT2D eigenvalue weighted by Gasteiger charge is -2.04. The van der Waals surface area contributed by atoms with Gasteiger partial charge in [-0.2, -0.15) is 0 Å². The van der Waals surface area contributed by atoms with Crippen molar-refractivity contribution >= 4 is 5.97 Å². The van der Waals surface area contributed by atoms with Gasteiger partial charge in [-0.1, -0.05) is 186 Å². The topological polar surface area (TPSA) is 37.3 Å². The molecule has 0 aliphatic carbocycles. The molecule has 0 radical (unpaired) electrons. The zero-order chi connectivity index (χ0) is 25.5. The molecule has 2 nitrogen and oxygen atoms in total. The van der Waals surface area contributed by atoms with Gasteiger partial charge in [0.1, 0.15) is 0 Å². The third-order valence-electron chi connectivity index (χ3n) is 7.21. The number of rotatable bonds is 29. The minimum atomic E-state index is -0.880. The normalized spacial score (nSPS) is 11.8. The molecule has 0 aromatic carbocycles. The highest BCUT2D eigenvalue weighted by Crippen LogP contribution is 2.16. The van der Waals surface area contributed by atoms with Gasteiger partial charge >= 0.3 is 5.97 Å². The Hall–Kier alpha value is -1.05. The van der Waals surface area contributed by atoms with Crippen LogP contribution in [0.5, 0.6) is 0 Å². The first-order valence-corrected chi connectivity index (χ1v) is 15.8. The molecule has 0 heterocycles. The molecule has 206 valence electrons. The van der Waals surface area contributed by atoms with E-state index in [0.29, 0.717) is 0 Å². The van der Waals surface area contributed by atoms with Crippen LogP contribution in [-0.4, -0.2) is 11.1 Å². The van der Waals surface area contributed by atoms with E-state index in [2.05, 4.69) is 13.0 Å². The number of carbonyl (C=O) groups is 1. The van der Waals surface area contributed by atoms with Gasteiger partial charge in [-0.25, -0.2) is 4.79 Å². The lowest BCUT2D eigenvalue weighted by atomic mass is 10.0. The zero-order valence-corrected chi connectivity index (χ0v) is 23.8. The van der Waals surface area contributed by atoms with Gasteiger partial charge in [0.15, 0.2) is 0 Å². The Morgan fingerprint density at radius 3 is 1.03 bits per heavy atom. The lowest BCUT2D eigenvalue weighted by molar-refractivity contribution is -0.131. The van der Waals surface area contributed by atoms with Crippen molar-refractivity contribution in [3.63, 3.8) is 0 Å². The summed E-state index contributed by atoms with van der Waals surface area (Å²) in [4.78, 5) is 10.3. The number of carboxylic acids is 1. The maximum Gasteiger partial charge on any atom is 0.328 e. The molecular formula is C33H62O2. The summed E-state index contributed by atoms with van der Waals surface area (Å²) in [7, 11) is 0. The Kier molecular flexibility index (Phi) is 30.1. The quantitative estimate of drug-likeness (QED) is 0.0643. The summed E-state index contributed by atoms with van der Waals surface area (Å²) >= 11 is 0. The summed E-state index contributed by atoms with van der Waals surface area (Å²) in [5, 5.41) is 8.50. The second-order valence-corrected chi connectivity index (χ2v) is 10.8. The molecule has 0 atom stereocenters. The summed E-state index contributed by atoms with van der Waals surface area (Å²) in [6, 6.07) is 0. The Morgan fingerprint density at radius 1 is 0.457 bits per heavy atom. The highest BCUT2D eigenvalue weighted by Gasteiger charge is 1.96. The summed E-state index contributed by atoms with van der Waals surface area (Å²) in [5.41, 5.74) is 0. The molecule has 0 spiro atoms. The molecular weight excluding hydrogens is 428 g/mol. The average Bonchev–Trinajstić information content (AvgIpc) is 2.85. The highest BCUT2D eigenvalue weighted by atomic mass is 16.4. The standard InChI is InChI=1S/C33H62O2/c1-2-3-4-5-6-7-8-9-10-11-12-13-14-15-16-17-18-19-20-21-22-23-24-25-26-27-28-29-30-31-32-33(34)35/h29-32H,2-28H2,1H3,(H,34,35). The molecule has 0 saturated carbocycles. The van der Waals surface area contributed by atoms with Crippen LogP contribution in [0, 0.1) is 0 Å². The minimum absolute atomic E-state index is 0.880.